The highest BCUT2D eigenvalue weighted by molar-refractivity contribution is 5.13. The van der Waals surface area contributed by atoms with Gasteiger partial charge in [0.1, 0.15) is 0 Å². The standard InChI is InChI=1S/C10H14F2/c11-7-5-9-1-2-10(4-3-9)6-8-12/h1-4,9-10H,5-8H2. The Balaban J connectivity index is 2.32. The predicted molar refractivity (Wildman–Crippen MR) is 46.4 cm³/mol. The fraction of sp³-hybridized carbons (Fsp3) is 0.600. The van der Waals surface area contributed by atoms with E-state index >= 15 is 0 Å². The molecule has 0 nitrogen and oxygen atoms in total. The van der Waals surface area contributed by atoms with Gasteiger partial charge in [-0.25, -0.2) is 0 Å². The molecular weight excluding hydrogens is 158 g/mol. The Bertz CT molecular complexity index is 141. The molecule has 0 heterocycles. The first-order valence-electron chi connectivity index (χ1n) is 4.35. The van der Waals surface area contributed by atoms with Gasteiger partial charge < -0.3 is 0 Å². The van der Waals surface area contributed by atoms with E-state index < -0.39 is 0 Å². The van der Waals surface area contributed by atoms with Gasteiger partial charge in [0.05, 0.1) is 13.3 Å². The summed E-state index contributed by atoms with van der Waals surface area (Å²) in [6.45, 7) is -0.569. The van der Waals surface area contributed by atoms with Crippen molar-refractivity contribution in [3.05, 3.63) is 24.3 Å². The van der Waals surface area contributed by atoms with Gasteiger partial charge in [0.25, 0.3) is 0 Å². The first-order valence-corrected chi connectivity index (χ1v) is 4.35. The molecule has 0 aromatic heterocycles. The number of halogens is 2. The molecule has 0 amide bonds. The predicted octanol–water partition coefficient (Wildman–Crippen LogP) is 3.06. The number of rotatable bonds is 4. The van der Waals surface area contributed by atoms with Crippen LogP contribution in [0.1, 0.15) is 12.8 Å². The summed E-state index contributed by atoms with van der Waals surface area (Å²) in [5, 5.41) is 0. The van der Waals surface area contributed by atoms with Crippen LogP contribution in [0.4, 0.5) is 8.78 Å². The highest BCUT2D eigenvalue weighted by atomic mass is 19.1. The summed E-state index contributed by atoms with van der Waals surface area (Å²) in [5.74, 6) is 0.455. The lowest BCUT2D eigenvalue weighted by Crippen LogP contribution is -2.03. The third kappa shape index (κ3) is 2.76. The van der Waals surface area contributed by atoms with Gasteiger partial charge in [0.2, 0.25) is 0 Å². The second-order valence-electron chi connectivity index (χ2n) is 3.05. The number of hydrogen-bond donors (Lipinski definition) is 0. The molecule has 1 rings (SSSR count). The summed E-state index contributed by atoms with van der Waals surface area (Å²) in [6, 6.07) is 0. The van der Waals surface area contributed by atoms with Crippen LogP contribution < -0.4 is 0 Å². The zero-order chi connectivity index (χ0) is 8.81. The number of hydrogen-bond acceptors (Lipinski definition) is 0. The Morgan fingerprint density at radius 3 is 1.33 bits per heavy atom. The molecule has 0 radical (unpaired) electrons. The van der Waals surface area contributed by atoms with Crippen molar-refractivity contribution in [1.82, 2.24) is 0 Å². The van der Waals surface area contributed by atoms with Crippen molar-refractivity contribution in [2.75, 3.05) is 13.3 Å². The maximum atomic E-state index is 11.9. The second-order valence-corrected chi connectivity index (χ2v) is 3.05. The fourth-order valence-corrected chi connectivity index (χ4v) is 1.34. The first-order chi connectivity index (χ1) is 5.86. The Kier molecular flexibility index (Phi) is 3.98. The molecule has 0 aromatic carbocycles. The smallest absolute Gasteiger partial charge is 0.0903 e. The van der Waals surface area contributed by atoms with E-state index in [1.807, 2.05) is 24.3 Å². The van der Waals surface area contributed by atoms with Crippen LogP contribution in [0.25, 0.3) is 0 Å². The van der Waals surface area contributed by atoms with E-state index in [9.17, 15) is 8.78 Å². The largest absolute Gasteiger partial charge is 0.251 e. The normalized spacial score (nSPS) is 27.8. The quantitative estimate of drug-likeness (QED) is 0.572. The van der Waals surface area contributed by atoms with Crippen molar-refractivity contribution in [2.45, 2.75) is 12.8 Å². The van der Waals surface area contributed by atoms with Crippen molar-refractivity contribution >= 4 is 0 Å². The maximum Gasteiger partial charge on any atom is 0.0903 e. The summed E-state index contributed by atoms with van der Waals surface area (Å²) in [5.41, 5.74) is 0. The minimum atomic E-state index is -0.285. The van der Waals surface area contributed by atoms with Gasteiger partial charge in [-0.15, -0.1) is 0 Å². The molecule has 0 aromatic rings. The summed E-state index contributed by atoms with van der Waals surface area (Å²) < 4.78 is 23.8. The van der Waals surface area contributed by atoms with Gasteiger partial charge in [-0.2, -0.15) is 0 Å². The van der Waals surface area contributed by atoms with Crippen LogP contribution in [0.5, 0.6) is 0 Å². The van der Waals surface area contributed by atoms with Crippen LogP contribution in [0, 0.1) is 11.8 Å². The van der Waals surface area contributed by atoms with Crippen LogP contribution in [-0.2, 0) is 0 Å². The van der Waals surface area contributed by atoms with Crippen LogP contribution in [0.3, 0.4) is 0 Å². The van der Waals surface area contributed by atoms with E-state index in [1.54, 1.807) is 0 Å². The maximum absolute atomic E-state index is 11.9. The summed E-state index contributed by atoms with van der Waals surface area (Å²) in [4.78, 5) is 0. The van der Waals surface area contributed by atoms with Crippen molar-refractivity contribution < 1.29 is 8.78 Å². The average molecular weight is 172 g/mol. The highest BCUT2D eigenvalue weighted by Crippen LogP contribution is 2.19. The Labute approximate surface area is 72.0 Å². The summed E-state index contributed by atoms with van der Waals surface area (Å²) >= 11 is 0. The third-order valence-corrected chi connectivity index (χ3v) is 2.10. The minimum absolute atomic E-state index is 0.228. The first kappa shape index (κ1) is 9.43. The second kappa shape index (κ2) is 5.07. The molecule has 0 saturated carbocycles. The molecule has 1 aliphatic carbocycles. The molecule has 0 spiro atoms. The van der Waals surface area contributed by atoms with Gasteiger partial charge in [-0.1, -0.05) is 24.3 Å². The van der Waals surface area contributed by atoms with E-state index in [4.69, 9.17) is 0 Å². The summed E-state index contributed by atoms with van der Waals surface area (Å²) in [7, 11) is 0. The Morgan fingerprint density at radius 1 is 0.750 bits per heavy atom. The Morgan fingerprint density at radius 2 is 1.08 bits per heavy atom. The molecule has 0 unspecified atom stereocenters. The third-order valence-electron chi connectivity index (χ3n) is 2.10. The van der Waals surface area contributed by atoms with Crippen molar-refractivity contribution in [2.24, 2.45) is 11.8 Å². The van der Waals surface area contributed by atoms with Gasteiger partial charge in [0, 0.05) is 0 Å². The zero-order valence-corrected chi connectivity index (χ0v) is 7.05. The van der Waals surface area contributed by atoms with Crippen LogP contribution >= 0.6 is 0 Å². The molecular formula is C10H14F2. The molecule has 12 heavy (non-hydrogen) atoms. The van der Waals surface area contributed by atoms with E-state index in [0.29, 0.717) is 12.8 Å². The highest BCUT2D eigenvalue weighted by Gasteiger charge is 2.08. The zero-order valence-electron chi connectivity index (χ0n) is 7.05. The number of alkyl halides is 2. The molecule has 1 aliphatic rings. The van der Waals surface area contributed by atoms with E-state index in [2.05, 4.69) is 0 Å². The molecule has 0 bridgehead atoms. The van der Waals surface area contributed by atoms with Crippen molar-refractivity contribution in [3.8, 4) is 0 Å². The van der Waals surface area contributed by atoms with Crippen LogP contribution in [0.15, 0.2) is 24.3 Å². The summed E-state index contributed by atoms with van der Waals surface area (Å²) in [6.07, 6.45) is 8.99. The van der Waals surface area contributed by atoms with Gasteiger partial charge in [0.15, 0.2) is 0 Å². The van der Waals surface area contributed by atoms with Gasteiger partial charge >= 0.3 is 0 Å². The van der Waals surface area contributed by atoms with Crippen LogP contribution in [0.2, 0.25) is 0 Å². The molecule has 0 fully saturated rings. The van der Waals surface area contributed by atoms with E-state index in [-0.39, 0.29) is 25.2 Å². The van der Waals surface area contributed by atoms with E-state index in [0.717, 1.165) is 0 Å². The SMILES string of the molecule is FCCC1C=CC(CCF)C=C1. The lowest BCUT2D eigenvalue weighted by atomic mass is 9.93. The average Bonchev–Trinajstić information content (AvgIpc) is 2.09. The molecule has 0 N–H and O–H groups in total. The molecule has 0 saturated heterocycles. The van der Waals surface area contributed by atoms with E-state index in [1.165, 1.54) is 0 Å². The number of allylic oxidation sites excluding steroid dienone is 4. The van der Waals surface area contributed by atoms with Crippen molar-refractivity contribution in [3.63, 3.8) is 0 Å². The topological polar surface area (TPSA) is 0 Å². The minimum Gasteiger partial charge on any atom is -0.251 e. The monoisotopic (exact) mass is 172 g/mol. The van der Waals surface area contributed by atoms with Gasteiger partial charge in [-0.3, -0.25) is 8.78 Å². The molecule has 0 aliphatic heterocycles. The van der Waals surface area contributed by atoms with Crippen molar-refractivity contribution in [1.29, 1.82) is 0 Å². The lowest BCUT2D eigenvalue weighted by molar-refractivity contribution is 0.435. The Hall–Kier alpha value is -0.660. The van der Waals surface area contributed by atoms with Gasteiger partial charge in [-0.05, 0) is 24.7 Å². The van der Waals surface area contributed by atoms with Crippen LogP contribution in [-0.4, -0.2) is 13.3 Å². The fourth-order valence-electron chi connectivity index (χ4n) is 1.34. The lowest BCUT2D eigenvalue weighted by Gasteiger charge is -2.14. The molecule has 2 heteroatoms. The molecule has 68 valence electrons. The molecule has 0 atom stereocenters.